The predicted octanol–water partition coefficient (Wildman–Crippen LogP) is 4.24. The molecule has 0 atom stereocenters. The second kappa shape index (κ2) is 9.54. The summed E-state index contributed by atoms with van der Waals surface area (Å²) in [4.78, 5) is 31.6. The van der Waals surface area contributed by atoms with Gasteiger partial charge in [-0.25, -0.2) is 4.98 Å². The second-order valence-electron chi connectivity index (χ2n) is 7.13. The summed E-state index contributed by atoms with van der Waals surface area (Å²) in [6.07, 6.45) is 0. The number of anilines is 2. The molecule has 0 spiro atoms. The zero-order chi connectivity index (χ0) is 21.8. The average molecular weight is 502 g/mol. The Morgan fingerprint density at radius 1 is 1.10 bits per heavy atom. The summed E-state index contributed by atoms with van der Waals surface area (Å²) in [5.41, 5.74) is 2.88. The van der Waals surface area contributed by atoms with Crippen LogP contribution in [-0.4, -0.2) is 53.4 Å². The van der Waals surface area contributed by atoms with Gasteiger partial charge in [0.1, 0.15) is 0 Å². The molecule has 1 N–H and O–H groups in total. The van der Waals surface area contributed by atoms with Gasteiger partial charge < -0.3 is 10.2 Å². The first kappa shape index (κ1) is 21.4. The van der Waals surface area contributed by atoms with Crippen LogP contribution in [0.2, 0.25) is 0 Å². The van der Waals surface area contributed by atoms with E-state index in [-0.39, 0.29) is 11.6 Å². The first-order valence-electron chi connectivity index (χ1n) is 9.71. The maximum absolute atomic E-state index is 12.5. The minimum Gasteiger partial charge on any atom is -0.369 e. The molecule has 1 aliphatic rings. The van der Waals surface area contributed by atoms with Gasteiger partial charge in [0, 0.05) is 59.4 Å². The van der Waals surface area contributed by atoms with Crippen LogP contribution >= 0.6 is 27.3 Å². The number of hydrogen-bond acceptors (Lipinski definition) is 7. The number of nitro benzene ring substituents is 1. The highest BCUT2D eigenvalue weighted by Gasteiger charge is 2.20. The molecule has 8 nitrogen and oxygen atoms in total. The van der Waals surface area contributed by atoms with E-state index >= 15 is 0 Å². The van der Waals surface area contributed by atoms with Crippen LogP contribution in [0.1, 0.15) is 0 Å². The lowest BCUT2D eigenvalue weighted by atomic mass is 10.2. The molecule has 0 unspecified atom stereocenters. The molecule has 1 aromatic heterocycles. The van der Waals surface area contributed by atoms with Crippen molar-refractivity contribution in [2.75, 3.05) is 42.9 Å². The van der Waals surface area contributed by atoms with Gasteiger partial charge in [-0.3, -0.25) is 19.8 Å². The molecule has 0 saturated carbocycles. The van der Waals surface area contributed by atoms with Gasteiger partial charge in [-0.2, -0.15) is 0 Å². The number of rotatable bonds is 6. The molecule has 0 radical (unpaired) electrons. The van der Waals surface area contributed by atoms with Crippen LogP contribution < -0.4 is 10.2 Å². The quantitative estimate of drug-likeness (QED) is 0.401. The van der Waals surface area contributed by atoms with Crippen LogP contribution in [0.3, 0.4) is 0 Å². The van der Waals surface area contributed by atoms with Gasteiger partial charge >= 0.3 is 0 Å². The number of non-ortho nitro benzene ring substituents is 1. The molecule has 160 valence electrons. The lowest BCUT2D eigenvalue weighted by molar-refractivity contribution is -0.384. The molecule has 1 aliphatic heterocycles. The molecule has 1 amide bonds. The highest BCUT2D eigenvalue weighted by Crippen LogP contribution is 2.26. The number of hydrogen-bond donors (Lipinski definition) is 1. The Morgan fingerprint density at radius 2 is 1.77 bits per heavy atom. The molecule has 0 bridgehead atoms. The van der Waals surface area contributed by atoms with Gasteiger partial charge in [-0.15, -0.1) is 11.3 Å². The lowest BCUT2D eigenvalue weighted by Gasteiger charge is -2.35. The van der Waals surface area contributed by atoms with Gasteiger partial charge in [0.05, 0.1) is 17.2 Å². The summed E-state index contributed by atoms with van der Waals surface area (Å²) in [5.74, 6) is -0.0829. The average Bonchev–Trinajstić information content (AvgIpc) is 3.23. The molecule has 1 saturated heterocycles. The Bertz CT molecular complexity index is 1060. The third-order valence-electron chi connectivity index (χ3n) is 5.06. The van der Waals surface area contributed by atoms with Crippen molar-refractivity contribution < 1.29 is 9.72 Å². The Balaban J connectivity index is 1.26. The number of carbonyl (C=O) groups is 1. The van der Waals surface area contributed by atoms with Gasteiger partial charge in [-0.1, -0.05) is 28.1 Å². The minimum absolute atomic E-state index is 0.0829. The van der Waals surface area contributed by atoms with Crippen molar-refractivity contribution >= 4 is 49.7 Å². The topological polar surface area (TPSA) is 91.6 Å². The largest absolute Gasteiger partial charge is 0.369 e. The Hall–Kier alpha value is -2.82. The van der Waals surface area contributed by atoms with Crippen molar-refractivity contribution in [2.24, 2.45) is 0 Å². The van der Waals surface area contributed by atoms with E-state index in [1.807, 2.05) is 29.6 Å². The fourth-order valence-electron chi connectivity index (χ4n) is 3.40. The van der Waals surface area contributed by atoms with E-state index < -0.39 is 4.92 Å². The zero-order valence-electron chi connectivity index (χ0n) is 16.5. The number of aromatic nitrogens is 1. The van der Waals surface area contributed by atoms with Gasteiger partial charge in [0.15, 0.2) is 5.13 Å². The van der Waals surface area contributed by atoms with Crippen LogP contribution in [0, 0.1) is 10.1 Å². The number of halogens is 1. The summed E-state index contributed by atoms with van der Waals surface area (Å²) in [6, 6.07) is 14.5. The van der Waals surface area contributed by atoms with Crippen molar-refractivity contribution in [2.45, 2.75) is 0 Å². The maximum Gasteiger partial charge on any atom is 0.269 e. The summed E-state index contributed by atoms with van der Waals surface area (Å²) >= 11 is 4.83. The Labute approximate surface area is 191 Å². The third kappa shape index (κ3) is 5.46. The molecule has 1 fully saturated rings. The highest BCUT2D eigenvalue weighted by molar-refractivity contribution is 9.10. The van der Waals surface area contributed by atoms with Gasteiger partial charge in [0.25, 0.3) is 5.69 Å². The molecular formula is C21H20BrN5O3S. The monoisotopic (exact) mass is 501 g/mol. The van der Waals surface area contributed by atoms with Crippen LogP contribution in [0.5, 0.6) is 0 Å². The number of thiazole rings is 1. The molecule has 2 heterocycles. The molecule has 10 heteroatoms. The van der Waals surface area contributed by atoms with E-state index in [4.69, 9.17) is 0 Å². The lowest BCUT2D eigenvalue weighted by Crippen LogP contribution is -2.48. The molecule has 3 aromatic rings. The molecular weight excluding hydrogens is 482 g/mol. The number of benzene rings is 2. The SMILES string of the molecule is O=C(CN1CCN(c2ccc([N+](=O)[O-])cc2)CC1)Nc1nc(-c2ccc(Br)cc2)cs1. The Morgan fingerprint density at radius 3 is 2.42 bits per heavy atom. The van der Waals surface area contributed by atoms with E-state index in [1.54, 1.807) is 12.1 Å². The summed E-state index contributed by atoms with van der Waals surface area (Å²) in [7, 11) is 0. The summed E-state index contributed by atoms with van der Waals surface area (Å²) in [5, 5.41) is 16.2. The van der Waals surface area contributed by atoms with Gasteiger partial charge in [-0.05, 0) is 24.3 Å². The standard InChI is InChI=1S/C21H20BrN5O3S/c22-16-3-1-15(2-4-16)19-14-31-21(23-19)24-20(28)13-25-9-11-26(12-10-25)17-5-7-18(8-6-17)27(29)30/h1-8,14H,9-13H2,(H,23,24,28). The van der Waals surface area contributed by atoms with Crippen LogP contribution in [0.4, 0.5) is 16.5 Å². The molecule has 31 heavy (non-hydrogen) atoms. The fourth-order valence-corrected chi connectivity index (χ4v) is 4.40. The number of nitrogens with one attached hydrogen (secondary N) is 1. The number of amides is 1. The van der Waals surface area contributed by atoms with E-state index in [2.05, 4.69) is 36.0 Å². The van der Waals surface area contributed by atoms with E-state index in [1.165, 1.54) is 23.5 Å². The van der Waals surface area contributed by atoms with Gasteiger partial charge in [0.2, 0.25) is 5.91 Å². The molecule has 0 aliphatic carbocycles. The minimum atomic E-state index is -0.398. The number of piperazine rings is 1. The van der Waals surface area contributed by atoms with Crippen LogP contribution in [-0.2, 0) is 4.79 Å². The molecule has 4 rings (SSSR count). The smallest absolute Gasteiger partial charge is 0.269 e. The first-order chi connectivity index (χ1) is 15.0. The van der Waals surface area contributed by atoms with E-state index in [0.29, 0.717) is 11.7 Å². The summed E-state index contributed by atoms with van der Waals surface area (Å²) in [6.45, 7) is 3.31. The zero-order valence-corrected chi connectivity index (χ0v) is 18.9. The second-order valence-corrected chi connectivity index (χ2v) is 8.90. The predicted molar refractivity (Wildman–Crippen MR) is 126 cm³/mol. The van der Waals surface area contributed by atoms with Crippen LogP contribution in [0.25, 0.3) is 11.3 Å². The van der Waals surface area contributed by atoms with Crippen molar-refractivity contribution in [3.05, 3.63) is 68.5 Å². The number of nitro groups is 1. The fraction of sp³-hybridized carbons (Fsp3) is 0.238. The highest BCUT2D eigenvalue weighted by atomic mass is 79.9. The van der Waals surface area contributed by atoms with Crippen molar-refractivity contribution in [3.8, 4) is 11.3 Å². The third-order valence-corrected chi connectivity index (χ3v) is 6.34. The van der Waals surface area contributed by atoms with Crippen molar-refractivity contribution in [1.29, 1.82) is 0 Å². The Kier molecular flexibility index (Phi) is 6.59. The number of carbonyl (C=O) groups excluding carboxylic acids is 1. The van der Waals surface area contributed by atoms with Crippen molar-refractivity contribution in [1.82, 2.24) is 9.88 Å². The van der Waals surface area contributed by atoms with Crippen LogP contribution in [0.15, 0.2) is 58.4 Å². The van der Waals surface area contributed by atoms with E-state index in [9.17, 15) is 14.9 Å². The summed E-state index contributed by atoms with van der Waals surface area (Å²) < 4.78 is 1.01. The maximum atomic E-state index is 12.5. The molecule has 2 aromatic carbocycles. The van der Waals surface area contributed by atoms with Crippen molar-refractivity contribution in [3.63, 3.8) is 0 Å². The van der Waals surface area contributed by atoms with E-state index in [0.717, 1.165) is 47.6 Å². The number of nitrogens with zero attached hydrogens (tertiary/aromatic N) is 4. The normalized spacial score (nSPS) is 14.4. The first-order valence-corrected chi connectivity index (χ1v) is 11.4.